The Kier molecular flexibility index (Phi) is 7.64. The van der Waals surface area contributed by atoms with E-state index in [2.05, 4.69) is 15.7 Å². The summed E-state index contributed by atoms with van der Waals surface area (Å²) in [6.45, 7) is 2.14. The van der Waals surface area contributed by atoms with Crippen molar-refractivity contribution in [1.82, 2.24) is 14.7 Å². The van der Waals surface area contributed by atoms with E-state index in [1.165, 1.54) is 0 Å². The van der Waals surface area contributed by atoms with Crippen LogP contribution in [0.4, 0.5) is 16.2 Å². The Labute approximate surface area is 198 Å². The summed E-state index contributed by atoms with van der Waals surface area (Å²) in [7, 11) is 1.57. The van der Waals surface area contributed by atoms with E-state index in [1.54, 1.807) is 29.0 Å². The van der Waals surface area contributed by atoms with Gasteiger partial charge in [-0.1, -0.05) is 18.2 Å². The first-order valence-electron chi connectivity index (χ1n) is 11.3. The number of aromatic nitrogens is 2. The van der Waals surface area contributed by atoms with Crippen LogP contribution in [0.1, 0.15) is 12.8 Å². The van der Waals surface area contributed by atoms with Crippen LogP contribution in [0.5, 0.6) is 11.5 Å². The van der Waals surface area contributed by atoms with Gasteiger partial charge in [0.1, 0.15) is 18.1 Å². The number of ether oxygens (including phenoxy) is 2. The SMILES string of the molecule is COc1ccccc1NC(=O)C1CCN(C(=O)Nc2cccc(OCCn3cccn3)c2)CC1. The highest BCUT2D eigenvalue weighted by molar-refractivity contribution is 5.94. The van der Waals surface area contributed by atoms with Crippen molar-refractivity contribution in [2.75, 3.05) is 37.4 Å². The first-order valence-corrected chi connectivity index (χ1v) is 11.3. The van der Waals surface area contributed by atoms with Crippen molar-refractivity contribution in [3.8, 4) is 11.5 Å². The highest BCUT2D eigenvalue weighted by atomic mass is 16.5. The largest absolute Gasteiger partial charge is 0.495 e. The first kappa shape index (κ1) is 23.2. The lowest BCUT2D eigenvalue weighted by molar-refractivity contribution is -0.121. The molecule has 9 nitrogen and oxygen atoms in total. The van der Waals surface area contributed by atoms with Crippen LogP contribution in [0.25, 0.3) is 0 Å². The third-order valence-electron chi connectivity index (χ3n) is 5.75. The van der Waals surface area contributed by atoms with Crippen LogP contribution in [-0.4, -0.2) is 53.4 Å². The number of amides is 3. The van der Waals surface area contributed by atoms with Crippen molar-refractivity contribution in [3.63, 3.8) is 0 Å². The number of methoxy groups -OCH3 is 1. The third kappa shape index (κ3) is 6.06. The van der Waals surface area contributed by atoms with E-state index < -0.39 is 0 Å². The average Bonchev–Trinajstić information content (AvgIpc) is 3.38. The summed E-state index contributed by atoms with van der Waals surface area (Å²) in [5.74, 6) is 1.10. The fourth-order valence-corrected chi connectivity index (χ4v) is 3.88. The van der Waals surface area contributed by atoms with Gasteiger partial charge in [-0.2, -0.15) is 5.10 Å². The van der Waals surface area contributed by atoms with E-state index in [4.69, 9.17) is 9.47 Å². The number of anilines is 2. The topological polar surface area (TPSA) is 97.7 Å². The number of hydrogen-bond acceptors (Lipinski definition) is 5. The molecule has 9 heteroatoms. The molecule has 0 radical (unpaired) electrons. The van der Waals surface area contributed by atoms with Crippen LogP contribution >= 0.6 is 0 Å². The van der Waals surface area contributed by atoms with E-state index in [0.717, 1.165) is 0 Å². The highest BCUT2D eigenvalue weighted by Crippen LogP contribution is 2.26. The second kappa shape index (κ2) is 11.2. The van der Waals surface area contributed by atoms with Gasteiger partial charge in [0.05, 0.1) is 19.3 Å². The Morgan fingerprint density at radius 2 is 1.88 bits per heavy atom. The normalized spacial score (nSPS) is 13.9. The fraction of sp³-hybridized carbons (Fsp3) is 0.320. The number of para-hydroxylation sites is 2. The molecule has 0 spiro atoms. The molecule has 178 valence electrons. The van der Waals surface area contributed by atoms with Crippen LogP contribution < -0.4 is 20.1 Å². The number of likely N-dealkylation sites (tertiary alicyclic amines) is 1. The Morgan fingerprint density at radius 3 is 2.65 bits per heavy atom. The maximum Gasteiger partial charge on any atom is 0.321 e. The van der Waals surface area contributed by atoms with Gasteiger partial charge in [-0.25, -0.2) is 4.79 Å². The minimum Gasteiger partial charge on any atom is -0.495 e. The molecule has 1 saturated heterocycles. The molecule has 1 aliphatic heterocycles. The summed E-state index contributed by atoms with van der Waals surface area (Å²) in [5, 5.41) is 10.0. The van der Waals surface area contributed by atoms with Crippen molar-refractivity contribution in [2.45, 2.75) is 19.4 Å². The molecule has 0 atom stereocenters. The van der Waals surface area contributed by atoms with E-state index in [9.17, 15) is 9.59 Å². The summed E-state index contributed by atoms with van der Waals surface area (Å²) in [5.41, 5.74) is 1.32. The molecule has 1 aromatic heterocycles. The third-order valence-corrected chi connectivity index (χ3v) is 5.75. The zero-order chi connectivity index (χ0) is 23.8. The predicted octanol–water partition coefficient (Wildman–Crippen LogP) is 3.85. The molecule has 0 unspecified atom stereocenters. The van der Waals surface area contributed by atoms with Gasteiger partial charge in [-0.3, -0.25) is 9.48 Å². The Balaban J connectivity index is 1.24. The Hall–Kier alpha value is -4.01. The van der Waals surface area contributed by atoms with Crippen molar-refractivity contribution >= 4 is 23.3 Å². The minimum atomic E-state index is -0.183. The number of nitrogens with zero attached hydrogens (tertiary/aromatic N) is 3. The number of hydrogen-bond donors (Lipinski definition) is 2. The number of rotatable bonds is 8. The Bertz CT molecular complexity index is 1090. The lowest BCUT2D eigenvalue weighted by Crippen LogP contribution is -2.43. The molecule has 0 saturated carbocycles. The molecule has 0 bridgehead atoms. The lowest BCUT2D eigenvalue weighted by atomic mass is 9.96. The van der Waals surface area contributed by atoms with Crippen molar-refractivity contribution in [3.05, 3.63) is 67.0 Å². The second-order valence-electron chi connectivity index (χ2n) is 8.03. The monoisotopic (exact) mass is 463 g/mol. The van der Waals surface area contributed by atoms with Gasteiger partial charge in [0.15, 0.2) is 0 Å². The van der Waals surface area contributed by atoms with Gasteiger partial charge >= 0.3 is 6.03 Å². The second-order valence-corrected chi connectivity index (χ2v) is 8.03. The van der Waals surface area contributed by atoms with E-state index in [1.807, 2.05) is 54.7 Å². The van der Waals surface area contributed by atoms with Crippen LogP contribution in [-0.2, 0) is 11.3 Å². The van der Waals surface area contributed by atoms with Crippen molar-refractivity contribution in [2.24, 2.45) is 5.92 Å². The molecule has 4 rings (SSSR count). The predicted molar refractivity (Wildman–Crippen MR) is 129 cm³/mol. The minimum absolute atomic E-state index is 0.0514. The highest BCUT2D eigenvalue weighted by Gasteiger charge is 2.28. The number of benzene rings is 2. The van der Waals surface area contributed by atoms with Gasteiger partial charge in [-0.05, 0) is 43.2 Å². The number of carbonyl (C=O) groups is 2. The van der Waals surface area contributed by atoms with Gasteiger partial charge < -0.3 is 25.0 Å². The summed E-state index contributed by atoms with van der Waals surface area (Å²) < 4.78 is 12.9. The van der Waals surface area contributed by atoms with Gasteiger partial charge in [0.25, 0.3) is 0 Å². The van der Waals surface area contributed by atoms with Crippen LogP contribution in [0.2, 0.25) is 0 Å². The molecule has 3 aromatic rings. The van der Waals surface area contributed by atoms with E-state index in [-0.39, 0.29) is 17.9 Å². The van der Waals surface area contributed by atoms with Crippen LogP contribution in [0, 0.1) is 5.92 Å². The number of nitrogens with one attached hydrogen (secondary N) is 2. The number of carbonyl (C=O) groups excluding carboxylic acids is 2. The quantitative estimate of drug-likeness (QED) is 0.529. The molecule has 2 heterocycles. The van der Waals surface area contributed by atoms with Crippen LogP contribution in [0.3, 0.4) is 0 Å². The van der Waals surface area contributed by atoms with Gasteiger partial charge in [0, 0.05) is 43.2 Å². The van der Waals surface area contributed by atoms with Gasteiger partial charge in [0.2, 0.25) is 5.91 Å². The fourth-order valence-electron chi connectivity index (χ4n) is 3.88. The summed E-state index contributed by atoms with van der Waals surface area (Å²) in [4.78, 5) is 27.2. The molecule has 2 aromatic carbocycles. The smallest absolute Gasteiger partial charge is 0.321 e. The molecule has 0 aliphatic carbocycles. The zero-order valence-corrected chi connectivity index (χ0v) is 19.1. The van der Waals surface area contributed by atoms with Crippen molar-refractivity contribution < 1.29 is 19.1 Å². The average molecular weight is 464 g/mol. The molecular formula is C25H29N5O4. The summed E-state index contributed by atoms with van der Waals surface area (Å²) >= 11 is 0. The maximum atomic E-state index is 12.7. The molecule has 34 heavy (non-hydrogen) atoms. The van der Waals surface area contributed by atoms with E-state index in [0.29, 0.717) is 62.0 Å². The first-order chi connectivity index (χ1) is 16.6. The zero-order valence-electron chi connectivity index (χ0n) is 19.1. The molecular weight excluding hydrogens is 434 g/mol. The maximum absolute atomic E-state index is 12.7. The Morgan fingerprint density at radius 1 is 1.06 bits per heavy atom. The molecule has 1 fully saturated rings. The summed E-state index contributed by atoms with van der Waals surface area (Å²) in [6.07, 6.45) is 4.81. The standard InChI is InChI=1S/C25H29N5O4/c1-33-23-9-3-2-8-22(23)28-24(31)19-10-14-29(15-11-19)25(32)27-20-6-4-7-21(18-20)34-17-16-30-13-5-12-26-30/h2-9,12-13,18-19H,10-11,14-17H2,1H3,(H,27,32)(H,28,31). The molecule has 2 N–H and O–H groups in total. The number of piperidine rings is 1. The van der Waals surface area contributed by atoms with Crippen LogP contribution in [0.15, 0.2) is 67.0 Å². The summed E-state index contributed by atoms with van der Waals surface area (Å²) in [6, 6.07) is 16.3. The van der Waals surface area contributed by atoms with Gasteiger partial charge in [-0.15, -0.1) is 0 Å². The molecule has 1 aliphatic rings. The van der Waals surface area contributed by atoms with Crippen molar-refractivity contribution in [1.29, 1.82) is 0 Å². The van der Waals surface area contributed by atoms with E-state index >= 15 is 0 Å². The number of urea groups is 1. The lowest BCUT2D eigenvalue weighted by Gasteiger charge is -2.31. The molecule has 3 amide bonds.